The molecule has 0 bridgehead atoms. The van der Waals surface area contributed by atoms with Crippen molar-refractivity contribution < 1.29 is 5.11 Å². The molecule has 7 heteroatoms. The Morgan fingerprint density at radius 1 is 0.839 bits per heavy atom. The molecule has 2 aromatic heterocycles. The Morgan fingerprint density at radius 3 is 2.06 bits per heavy atom. The van der Waals surface area contributed by atoms with E-state index in [1.54, 1.807) is 0 Å². The maximum absolute atomic E-state index is 11.0. The maximum atomic E-state index is 11.0. The summed E-state index contributed by atoms with van der Waals surface area (Å²) in [6.07, 6.45) is 1.40. The minimum atomic E-state index is -0.438. The van der Waals surface area contributed by atoms with Gasteiger partial charge in [0.2, 0.25) is 0 Å². The molecule has 1 aliphatic heterocycles. The van der Waals surface area contributed by atoms with Crippen LogP contribution in [0.1, 0.15) is 0 Å². The fourth-order valence-electron chi connectivity index (χ4n) is 4.51. The monoisotopic (exact) mass is 542 g/mol. The van der Waals surface area contributed by atoms with E-state index in [4.69, 9.17) is 0 Å². The smallest absolute Gasteiger partial charge is 0.128 e. The largest absolute Gasteiger partial charge is 0.390 e. The van der Waals surface area contributed by atoms with Gasteiger partial charge in [-0.3, -0.25) is 4.90 Å². The van der Waals surface area contributed by atoms with Gasteiger partial charge in [-0.05, 0) is 48.5 Å². The fourth-order valence-corrected chi connectivity index (χ4v) is 5.23. The van der Waals surface area contributed by atoms with Crippen molar-refractivity contribution in [1.29, 1.82) is 0 Å². The number of rotatable bonds is 5. The van der Waals surface area contributed by atoms with Gasteiger partial charge in [0.05, 0.1) is 12.6 Å². The van der Waals surface area contributed by atoms with Crippen LogP contribution in [0, 0.1) is 0 Å². The van der Waals surface area contributed by atoms with Gasteiger partial charge in [0.25, 0.3) is 0 Å². The first-order chi connectivity index (χ1) is 15.1. The average Bonchev–Trinajstić information content (AvgIpc) is 3.07. The topological polar surface area (TPSA) is 44.5 Å². The molecule has 5 nitrogen and oxygen atoms in total. The van der Waals surface area contributed by atoms with Gasteiger partial charge in [-0.1, -0.05) is 37.9 Å². The van der Waals surface area contributed by atoms with E-state index in [9.17, 15) is 5.11 Å². The van der Waals surface area contributed by atoms with Crippen LogP contribution in [-0.2, 0) is 6.54 Å². The maximum Gasteiger partial charge on any atom is 0.128 e. The third kappa shape index (κ3) is 4.37. The number of aliphatic hydroxyl groups excluding tert-OH is 1. The number of aromatic nitrogens is 2. The second-order valence-corrected chi connectivity index (χ2v) is 9.89. The minimum Gasteiger partial charge on any atom is -0.390 e. The number of nitrogens with zero attached hydrogens (tertiary/aromatic N) is 4. The second kappa shape index (κ2) is 8.90. The number of hydrogen-bond acceptors (Lipinski definition) is 4. The lowest BCUT2D eigenvalue weighted by molar-refractivity contribution is 0.0968. The van der Waals surface area contributed by atoms with Crippen LogP contribution in [0.15, 0.2) is 69.7 Å². The highest BCUT2D eigenvalue weighted by molar-refractivity contribution is 9.10. The Bertz CT molecular complexity index is 1140. The first-order valence-corrected chi connectivity index (χ1v) is 12.1. The fraction of sp³-hybridized carbons (Fsp3) is 0.292. The Balaban J connectivity index is 1.31. The lowest BCUT2D eigenvalue weighted by atomic mass is 10.2. The molecule has 0 radical (unpaired) electrons. The molecule has 1 N–H and O–H groups in total. The third-order valence-corrected chi connectivity index (χ3v) is 6.98. The zero-order chi connectivity index (χ0) is 21.4. The number of anilines is 1. The predicted octanol–water partition coefficient (Wildman–Crippen LogP) is 4.90. The standard InChI is InChI=1S/C24H24Br2N4O/c25-17-4-6-22-20(13-17)21-14-18(26)5-7-23(21)30(22)16-19(31)15-28-9-11-29(12-10-28)24-3-1-2-8-27-24/h1-8,13-14,19,31H,9-12,15-16H2/t19-/m0/s1. The average molecular weight is 544 g/mol. The molecule has 2 aromatic carbocycles. The first-order valence-electron chi connectivity index (χ1n) is 10.5. The van der Waals surface area contributed by atoms with E-state index in [1.807, 2.05) is 18.3 Å². The molecule has 1 aliphatic rings. The Hall–Kier alpha value is -1.93. The normalized spacial score (nSPS) is 16.3. The third-order valence-electron chi connectivity index (χ3n) is 6.00. The Kier molecular flexibility index (Phi) is 6.01. The molecule has 1 saturated heterocycles. The van der Waals surface area contributed by atoms with E-state index in [0.29, 0.717) is 13.1 Å². The number of fused-ring (bicyclic) bond motifs is 3. The van der Waals surface area contributed by atoms with Crippen molar-refractivity contribution in [2.24, 2.45) is 0 Å². The molecule has 3 heterocycles. The van der Waals surface area contributed by atoms with E-state index in [-0.39, 0.29) is 0 Å². The van der Waals surface area contributed by atoms with Crippen LogP contribution in [0.25, 0.3) is 21.8 Å². The summed E-state index contributed by atoms with van der Waals surface area (Å²) in [6, 6.07) is 18.7. The van der Waals surface area contributed by atoms with Crippen LogP contribution in [0.2, 0.25) is 0 Å². The van der Waals surface area contributed by atoms with E-state index in [1.165, 1.54) is 10.8 Å². The van der Waals surface area contributed by atoms with E-state index < -0.39 is 6.10 Å². The molecular formula is C24H24Br2N4O. The van der Waals surface area contributed by atoms with Gasteiger partial charge in [0.1, 0.15) is 5.82 Å². The number of benzene rings is 2. The zero-order valence-electron chi connectivity index (χ0n) is 17.1. The highest BCUT2D eigenvalue weighted by atomic mass is 79.9. The summed E-state index contributed by atoms with van der Waals surface area (Å²) < 4.78 is 4.37. The number of β-amino-alcohol motifs (C(OH)–C–C–N with tert-alkyl or cyclic N) is 1. The van der Waals surface area contributed by atoms with Crippen LogP contribution in [-0.4, -0.2) is 58.4 Å². The summed E-state index contributed by atoms with van der Waals surface area (Å²) in [5.41, 5.74) is 2.30. The SMILES string of the molecule is O[C@@H](CN1CCN(c2ccccn2)CC1)Cn1c2ccc(Br)cc2c2cc(Br)ccc21. The van der Waals surface area contributed by atoms with Gasteiger partial charge in [-0.25, -0.2) is 4.98 Å². The van der Waals surface area contributed by atoms with Crippen molar-refractivity contribution in [2.75, 3.05) is 37.6 Å². The second-order valence-electron chi connectivity index (χ2n) is 8.06. The van der Waals surface area contributed by atoms with Gasteiger partial charge >= 0.3 is 0 Å². The number of pyridine rings is 1. The Labute approximate surface area is 198 Å². The van der Waals surface area contributed by atoms with Crippen LogP contribution in [0.5, 0.6) is 0 Å². The molecular weight excluding hydrogens is 520 g/mol. The van der Waals surface area contributed by atoms with Crippen LogP contribution < -0.4 is 4.90 Å². The van der Waals surface area contributed by atoms with E-state index in [0.717, 1.165) is 52.0 Å². The van der Waals surface area contributed by atoms with Gasteiger partial charge in [0, 0.05) is 69.7 Å². The van der Waals surface area contributed by atoms with Crippen molar-refractivity contribution in [3.8, 4) is 0 Å². The molecule has 0 unspecified atom stereocenters. The van der Waals surface area contributed by atoms with Crippen LogP contribution in [0.4, 0.5) is 5.82 Å². The van der Waals surface area contributed by atoms with Crippen molar-refractivity contribution in [3.63, 3.8) is 0 Å². The van der Waals surface area contributed by atoms with Crippen LogP contribution >= 0.6 is 31.9 Å². The molecule has 0 spiro atoms. The van der Waals surface area contributed by atoms with Crippen molar-refractivity contribution in [1.82, 2.24) is 14.5 Å². The van der Waals surface area contributed by atoms with E-state index in [2.05, 4.69) is 93.7 Å². The summed E-state index contributed by atoms with van der Waals surface area (Å²) in [5, 5.41) is 13.4. The number of aliphatic hydroxyl groups is 1. The molecule has 0 amide bonds. The molecule has 0 saturated carbocycles. The highest BCUT2D eigenvalue weighted by Crippen LogP contribution is 2.33. The molecule has 1 fully saturated rings. The molecule has 0 aliphatic carbocycles. The first kappa shape index (κ1) is 20.9. The zero-order valence-corrected chi connectivity index (χ0v) is 20.3. The molecule has 4 aromatic rings. The summed E-state index contributed by atoms with van der Waals surface area (Å²) in [6.45, 7) is 4.97. The summed E-state index contributed by atoms with van der Waals surface area (Å²) in [5.74, 6) is 1.03. The van der Waals surface area contributed by atoms with Crippen molar-refractivity contribution in [3.05, 3.63) is 69.7 Å². The molecule has 1 atom stereocenters. The summed E-state index contributed by atoms with van der Waals surface area (Å²) >= 11 is 7.20. The molecule has 31 heavy (non-hydrogen) atoms. The molecule has 5 rings (SSSR count). The minimum absolute atomic E-state index is 0.438. The van der Waals surface area contributed by atoms with Gasteiger partial charge in [0.15, 0.2) is 0 Å². The van der Waals surface area contributed by atoms with E-state index >= 15 is 0 Å². The summed E-state index contributed by atoms with van der Waals surface area (Å²) in [4.78, 5) is 9.12. The molecule has 160 valence electrons. The quantitative estimate of drug-likeness (QED) is 0.389. The van der Waals surface area contributed by atoms with Gasteiger partial charge in [-0.15, -0.1) is 0 Å². The van der Waals surface area contributed by atoms with Gasteiger partial charge < -0.3 is 14.6 Å². The lowest BCUT2D eigenvalue weighted by Crippen LogP contribution is -2.49. The highest BCUT2D eigenvalue weighted by Gasteiger charge is 2.21. The number of hydrogen-bond donors (Lipinski definition) is 1. The Morgan fingerprint density at radius 2 is 1.48 bits per heavy atom. The van der Waals surface area contributed by atoms with Crippen molar-refractivity contribution >= 4 is 59.5 Å². The number of halogens is 2. The van der Waals surface area contributed by atoms with Gasteiger partial charge in [-0.2, -0.15) is 0 Å². The lowest BCUT2D eigenvalue weighted by Gasteiger charge is -2.36. The number of piperazine rings is 1. The predicted molar refractivity (Wildman–Crippen MR) is 134 cm³/mol. The summed E-state index contributed by atoms with van der Waals surface area (Å²) in [7, 11) is 0. The van der Waals surface area contributed by atoms with Crippen molar-refractivity contribution in [2.45, 2.75) is 12.6 Å². The van der Waals surface area contributed by atoms with Crippen LogP contribution in [0.3, 0.4) is 0 Å².